The fraction of sp³-hybridized carbons (Fsp3) is 0.192. The molecule has 0 spiro atoms. The molecule has 0 aliphatic carbocycles. The van der Waals surface area contributed by atoms with Crippen LogP contribution in [0.1, 0.15) is 18.7 Å². The Morgan fingerprint density at radius 1 is 1.03 bits per heavy atom. The van der Waals surface area contributed by atoms with Crippen molar-refractivity contribution < 1.29 is 14.4 Å². The lowest BCUT2D eigenvalue weighted by Crippen LogP contribution is -2.12. The largest absolute Gasteiger partial charge is 0.396 e. The molecule has 7 nitrogen and oxygen atoms in total. The van der Waals surface area contributed by atoms with Crippen molar-refractivity contribution in [2.45, 2.75) is 25.8 Å². The number of carbonyl (C=O) groups excluding carboxylic acids is 1. The molecule has 5 rings (SSSR count). The van der Waals surface area contributed by atoms with Gasteiger partial charge in [0.1, 0.15) is 0 Å². The second-order valence-corrected chi connectivity index (χ2v) is 8.48. The third kappa shape index (κ3) is 4.53. The summed E-state index contributed by atoms with van der Waals surface area (Å²) in [6.07, 6.45) is 1.25. The number of benzene rings is 3. The maximum atomic E-state index is 12.6. The van der Waals surface area contributed by atoms with E-state index in [4.69, 9.17) is 16.1 Å². The first-order chi connectivity index (χ1) is 16.6. The molecule has 3 aromatic carbocycles. The second-order valence-electron chi connectivity index (χ2n) is 8.04. The van der Waals surface area contributed by atoms with Crippen molar-refractivity contribution in [1.82, 2.24) is 14.7 Å². The maximum Gasteiger partial charge on any atom is 0.227 e. The number of nitrogens with zero attached hydrogens (tertiary/aromatic N) is 3. The van der Waals surface area contributed by atoms with Crippen molar-refractivity contribution in [2.75, 3.05) is 11.9 Å². The van der Waals surface area contributed by atoms with E-state index in [-0.39, 0.29) is 18.9 Å². The Balaban J connectivity index is 1.28. The number of aliphatic hydroxyl groups excluding tert-OH is 1. The van der Waals surface area contributed by atoms with Gasteiger partial charge in [-0.05, 0) is 55.0 Å². The first-order valence-electron chi connectivity index (χ1n) is 11.1. The molecule has 0 radical (unpaired) electrons. The second kappa shape index (κ2) is 9.67. The van der Waals surface area contributed by atoms with E-state index in [1.807, 2.05) is 42.5 Å². The summed E-state index contributed by atoms with van der Waals surface area (Å²) in [5, 5.41) is 19.1. The van der Waals surface area contributed by atoms with Gasteiger partial charge in [0, 0.05) is 64.1 Å². The molecule has 172 valence electrons. The number of hydrogen-bond acceptors (Lipinski definition) is 5. The number of anilines is 1. The van der Waals surface area contributed by atoms with Crippen LogP contribution in [0, 0.1) is 0 Å². The van der Waals surface area contributed by atoms with Gasteiger partial charge in [0.15, 0.2) is 0 Å². The molecule has 2 N–H and O–H groups in total. The van der Waals surface area contributed by atoms with Crippen LogP contribution in [0.25, 0.3) is 33.2 Å². The molecule has 34 heavy (non-hydrogen) atoms. The smallest absolute Gasteiger partial charge is 0.227 e. The van der Waals surface area contributed by atoms with Crippen LogP contribution in [-0.4, -0.2) is 32.3 Å². The van der Waals surface area contributed by atoms with Crippen LogP contribution < -0.4 is 5.32 Å². The highest BCUT2D eigenvalue weighted by Crippen LogP contribution is 2.31. The number of para-hydroxylation sites is 1. The Labute approximate surface area is 201 Å². The van der Waals surface area contributed by atoms with E-state index in [1.54, 1.807) is 12.1 Å². The third-order valence-corrected chi connectivity index (χ3v) is 5.98. The van der Waals surface area contributed by atoms with Crippen molar-refractivity contribution in [3.8, 4) is 11.4 Å². The lowest BCUT2D eigenvalue weighted by atomic mass is 10.1. The topological polar surface area (TPSA) is 93.2 Å². The van der Waals surface area contributed by atoms with E-state index >= 15 is 0 Å². The lowest BCUT2D eigenvalue weighted by molar-refractivity contribution is -0.116. The number of hydrogen-bond donors (Lipinski definition) is 2. The zero-order chi connectivity index (χ0) is 23.5. The normalized spacial score (nSPS) is 11.4. The van der Waals surface area contributed by atoms with Crippen LogP contribution in [0.3, 0.4) is 0 Å². The molecular weight excluding hydrogens is 452 g/mol. The van der Waals surface area contributed by atoms with E-state index in [0.29, 0.717) is 29.6 Å². The number of aryl methyl sites for hydroxylation is 2. The molecule has 1 amide bonds. The average Bonchev–Trinajstić information content (AvgIpc) is 3.45. The molecule has 0 saturated heterocycles. The summed E-state index contributed by atoms with van der Waals surface area (Å²) in [4.78, 5) is 17.0. The summed E-state index contributed by atoms with van der Waals surface area (Å²) in [5.74, 6) is 0.743. The molecule has 0 fully saturated rings. The van der Waals surface area contributed by atoms with Crippen molar-refractivity contribution in [3.05, 3.63) is 77.6 Å². The molecule has 5 aromatic rings. The molecule has 0 saturated carbocycles. The van der Waals surface area contributed by atoms with Crippen LogP contribution in [0.15, 0.2) is 71.3 Å². The summed E-state index contributed by atoms with van der Waals surface area (Å²) in [6.45, 7) is 0.873. The summed E-state index contributed by atoms with van der Waals surface area (Å²) < 4.78 is 7.50. The fourth-order valence-corrected chi connectivity index (χ4v) is 4.24. The molecule has 0 aliphatic rings. The minimum atomic E-state index is -0.130. The summed E-state index contributed by atoms with van der Waals surface area (Å²) in [6, 6.07) is 21.3. The van der Waals surface area contributed by atoms with Gasteiger partial charge in [-0.2, -0.15) is 4.98 Å². The van der Waals surface area contributed by atoms with Gasteiger partial charge in [-0.3, -0.25) is 4.79 Å². The highest BCUT2D eigenvalue weighted by molar-refractivity contribution is 6.30. The van der Waals surface area contributed by atoms with Crippen LogP contribution in [0.4, 0.5) is 5.69 Å². The van der Waals surface area contributed by atoms with E-state index in [1.165, 1.54) is 0 Å². The Hall–Kier alpha value is -3.68. The number of nitrogens with one attached hydrogen (secondary N) is 1. The predicted molar refractivity (Wildman–Crippen MR) is 133 cm³/mol. The fourth-order valence-electron chi connectivity index (χ4n) is 4.12. The van der Waals surface area contributed by atoms with Crippen LogP contribution in [-0.2, 0) is 17.8 Å². The van der Waals surface area contributed by atoms with Gasteiger partial charge in [0.05, 0.1) is 0 Å². The highest BCUT2D eigenvalue weighted by atomic mass is 35.5. The molecular formula is C26H23ClN4O3. The number of halogens is 1. The Bertz CT molecular complexity index is 1460. The molecule has 2 heterocycles. The minimum Gasteiger partial charge on any atom is -0.396 e. The van der Waals surface area contributed by atoms with Crippen LogP contribution in [0.5, 0.6) is 0 Å². The standard InChI is InChI=1S/C26H23ClN4O3/c27-18-8-6-17(7-9-18)26-29-25(34-30-26)13-12-24(33)28-19-10-11-23-21(16-19)20-4-1-2-5-22(20)31(23)14-3-15-32/h1-2,4-11,16,32H,3,12-15H2,(H,28,33). The number of amides is 1. The van der Waals surface area contributed by atoms with E-state index in [9.17, 15) is 9.90 Å². The van der Waals surface area contributed by atoms with Gasteiger partial charge in [-0.25, -0.2) is 0 Å². The predicted octanol–water partition coefficient (Wildman–Crippen LogP) is 5.45. The third-order valence-electron chi connectivity index (χ3n) is 5.73. The Kier molecular flexibility index (Phi) is 6.29. The average molecular weight is 475 g/mol. The number of aromatic nitrogens is 3. The van der Waals surface area contributed by atoms with Crippen molar-refractivity contribution in [3.63, 3.8) is 0 Å². The summed E-state index contributed by atoms with van der Waals surface area (Å²) in [5.41, 5.74) is 3.72. The molecule has 8 heteroatoms. The molecule has 0 aliphatic heterocycles. The first kappa shape index (κ1) is 22.1. The zero-order valence-electron chi connectivity index (χ0n) is 18.4. The van der Waals surface area contributed by atoms with Crippen LogP contribution >= 0.6 is 11.6 Å². The molecule has 2 aromatic heterocycles. The number of fused-ring (bicyclic) bond motifs is 3. The van der Waals surface area contributed by atoms with Crippen molar-refractivity contribution in [1.29, 1.82) is 0 Å². The molecule has 0 atom stereocenters. The van der Waals surface area contributed by atoms with E-state index < -0.39 is 0 Å². The Morgan fingerprint density at radius 3 is 2.65 bits per heavy atom. The van der Waals surface area contributed by atoms with Gasteiger partial charge in [0.25, 0.3) is 0 Å². The van der Waals surface area contributed by atoms with Gasteiger partial charge in [0.2, 0.25) is 17.6 Å². The van der Waals surface area contributed by atoms with E-state index in [0.717, 1.165) is 39.6 Å². The molecule has 0 unspecified atom stereocenters. The van der Waals surface area contributed by atoms with Gasteiger partial charge in [-0.15, -0.1) is 0 Å². The maximum absolute atomic E-state index is 12.6. The highest BCUT2D eigenvalue weighted by Gasteiger charge is 2.13. The van der Waals surface area contributed by atoms with Gasteiger partial charge >= 0.3 is 0 Å². The molecule has 0 bridgehead atoms. The number of rotatable bonds is 8. The Morgan fingerprint density at radius 2 is 1.82 bits per heavy atom. The first-order valence-corrected chi connectivity index (χ1v) is 11.5. The number of aliphatic hydroxyl groups is 1. The zero-order valence-corrected chi connectivity index (χ0v) is 19.1. The van der Waals surface area contributed by atoms with Crippen molar-refractivity contribution >= 4 is 45.0 Å². The quantitative estimate of drug-likeness (QED) is 0.312. The van der Waals surface area contributed by atoms with Crippen molar-refractivity contribution in [2.24, 2.45) is 0 Å². The van der Waals surface area contributed by atoms with Crippen LogP contribution in [0.2, 0.25) is 5.02 Å². The SMILES string of the molecule is O=C(CCc1nc(-c2ccc(Cl)cc2)no1)Nc1ccc2c(c1)c1ccccc1n2CCCO. The van der Waals surface area contributed by atoms with Gasteiger partial charge < -0.3 is 19.5 Å². The lowest BCUT2D eigenvalue weighted by Gasteiger charge is -2.07. The number of carbonyl (C=O) groups is 1. The summed E-state index contributed by atoms with van der Waals surface area (Å²) >= 11 is 5.92. The van der Waals surface area contributed by atoms with Gasteiger partial charge in [-0.1, -0.05) is 35.0 Å². The minimum absolute atomic E-state index is 0.130. The summed E-state index contributed by atoms with van der Waals surface area (Å²) in [7, 11) is 0. The monoisotopic (exact) mass is 474 g/mol. The van der Waals surface area contributed by atoms with E-state index in [2.05, 4.69) is 32.2 Å².